The van der Waals surface area contributed by atoms with Gasteiger partial charge < -0.3 is 0 Å². The van der Waals surface area contributed by atoms with Gasteiger partial charge in [-0.05, 0) is 61.2 Å². The minimum atomic E-state index is -3.57. The Morgan fingerprint density at radius 3 is 2.68 bits per heavy atom. The van der Waals surface area contributed by atoms with E-state index < -0.39 is 10.0 Å². The highest BCUT2D eigenvalue weighted by atomic mass is 32.2. The van der Waals surface area contributed by atoms with E-state index in [1.165, 1.54) is 22.6 Å². The van der Waals surface area contributed by atoms with Gasteiger partial charge in [0.1, 0.15) is 10.7 Å². The standard InChI is InChI=1S/C16H17FN2O2S/c1-11-7-14(17)8-13-5-6-19(10-16(11)13)22(20,21)15-4-3-12(2)18-9-15/h3-4,7-9H,5-6,10H2,1-2H3. The Labute approximate surface area is 129 Å². The number of aryl methyl sites for hydroxylation is 2. The molecule has 22 heavy (non-hydrogen) atoms. The van der Waals surface area contributed by atoms with Gasteiger partial charge in [0.05, 0.1) is 0 Å². The topological polar surface area (TPSA) is 50.3 Å². The van der Waals surface area contributed by atoms with Crippen molar-refractivity contribution in [2.24, 2.45) is 0 Å². The lowest BCUT2D eigenvalue weighted by Crippen LogP contribution is -2.36. The van der Waals surface area contributed by atoms with Crippen LogP contribution in [0, 0.1) is 19.7 Å². The first kappa shape index (κ1) is 15.1. The lowest BCUT2D eigenvalue weighted by atomic mass is 9.96. The third-order valence-corrected chi connectivity index (χ3v) is 5.85. The second-order valence-electron chi connectivity index (χ2n) is 5.58. The van der Waals surface area contributed by atoms with E-state index in [1.807, 2.05) is 13.8 Å². The molecule has 1 aromatic heterocycles. The van der Waals surface area contributed by atoms with Crippen LogP contribution in [0.5, 0.6) is 0 Å². The van der Waals surface area contributed by atoms with Crippen LogP contribution < -0.4 is 0 Å². The molecule has 0 saturated heterocycles. The summed E-state index contributed by atoms with van der Waals surface area (Å²) in [7, 11) is -3.57. The fourth-order valence-electron chi connectivity index (χ4n) is 2.75. The van der Waals surface area contributed by atoms with Crippen LogP contribution >= 0.6 is 0 Å². The van der Waals surface area contributed by atoms with Crippen LogP contribution in [0.15, 0.2) is 35.4 Å². The Hall–Kier alpha value is -1.79. The van der Waals surface area contributed by atoms with E-state index >= 15 is 0 Å². The molecular weight excluding hydrogens is 303 g/mol. The van der Waals surface area contributed by atoms with Gasteiger partial charge in [-0.2, -0.15) is 4.31 Å². The SMILES string of the molecule is Cc1ccc(S(=O)(=O)N2CCc3cc(F)cc(C)c3C2)cn1. The number of pyridine rings is 1. The van der Waals surface area contributed by atoms with Crippen molar-refractivity contribution in [2.45, 2.75) is 31.7 Å². The van der Waals surface area contributed by atoms with Crippen LogP contribution in [0.25, 0.3) is 0 Å². The molecule has 1 aromatic carbocycles. The lowest BCUT2D eigenvalue weighted by Gasteiger charge is -2.29. The molecule has 0 atom stereocenters. The molecule has 0 N–H and O–H groups in total. The summed E-state index contributed by atoms with van der Waals surface area (Å²) in [6.45, 7) is 4.25. The molecule has 116 valence electrons. The monoisotopic (exact) mass is 320 g/mol. The summed E-state index contributed by atoms with van der Waals surface area (Å²) in [5.74, 6) is -0.268. The van der Waals surface area contributed by atoms with Crippen molar-refractivity contribution in [3.05, 3.63) is 58.7 Å². The van der Waals surface area contributed by atoms with E-state index in [0.717, 1.165) is 22.4 Å². The zero-order valence-electron chi connectivity index (χ0n) is 12.5. The molecule has 0 bridgehead atoms. The molecule has 2 heterocycles. The molecule has 0 radical (unpaired) electrons. The average Bonchev–Trinajstić information content (AvgIpc) is 2.47. The minimum Gasteiger partial charge on any atom is -0.260 e. The number of halogens is 1. The van der Waals surface area contributed by atoms with Gasteiger partial charge >= 0.3 is 0 Å². The number of hydrogen-bond acceptors (Lipinski definition) is 3. The van der Waals surface area contributed by atoms with Gasteiger partial charge in [-0.1, -0.05) is 0 Å². The molecule has 0 aliphatic carbocycles. The number of benzene rings is 1. The smallest absolute Gasteiger partial charge is 0.244 e. The van der Waals surface area contributed by atoms with Crippen molar-refractivity contribution in [2.75, 3.05) is 6.54 Å². The zero-order valence-corrected chi connectivity index (χ0v) is 13.3. The molecular formula is C16H17FN2O2S. The maximum absolute atomic E-state index is 13.4. The lowest BCUT2D eigenvalue weighted by molar-refractivity contribution is 0.389. The second-order valence-corrected chi connectivity index (χ2v) is 7.52. The first-order valence-corrected chi connectivity index (χ1v) is 8.52. The summed E-state index contributed by atoms with van der Waals surface area (Å²) in [6.07, 6.45) is 1.91. The highest BCUT2D eigenvalue weighted by molar-refractivity contribution is 7.89. The van der Waals surface area contributed by atoms with E-state index in [-0.39, 0.29) is 17.3 Å². The fraction of sp³-hybridized carbons (Fsp3) is 0.312. The molecule has 1 aliphatic rings. The highest BCUT2D eigenvalue weighted by Gasteiger charge is 2.29. The summed E-state index contributed by atoms with van der Waals surface area (Å²) in [5.41, 5.74) is 3.36. The number of aromatic nitrogens is 1. The van der Waals surface area contributed by atoms with Crippen molar-refractivity contribution in [1.29, 1.82) is 0 Å². The first-order valence-electron chi connectivity index (χ1n) is 7.08. The molecule has 0 saturated carbocycles. The zero-order chi connectivity index (χ0) is 15.9. The van der Waals surface area contributed by atoms with Gasteiger partial charge in [-0.25, -0.2) is 12.8 Å². The van der Waals surface area contributed by atoms with Gasteiger partial charge in [0, 0.05) is 25.0 Å². The van der Waals surface area contributed by atoms with Gasteiger partial charge in [0.15, 0.2) is 0 Å². The second kappa shape index (κ2) is 5.44. The summed E-state index contributed by atoms with van der Waals surface area (Å²) in [4.78, 5) is 4.25. The Morgan fingerprint density at radius 1 is 1.23 bits per heavy atom. The van der Waals surface area contributed by atoms with Crippen LogP contribution in [0.4, 0.5) is 4.39 Å². The average molecular weight is 320 g/mol. The molecule has 1 aliphatic heterocycles. The molecule has 0 fully saturated rings. The quantitative estimate of drug-likeness (QED) is 0.854. The summed E-state index contributed by atoms with van der Waals surface area (Å²) < 4.78 is 40.3. The molecule has 6 heteroatoms. The number of fused-ring (bicyclic) bond motifs is 1. The van der Waals surface area contributed by atoms with Gasteiger partial charge in [-0.3, -0.25) is 4.98 Å². The Bertz CT molecular complexity index is 817. The molecule has 4 nitrogen and oxygen atoms in total. The van der Waals surface area contributed by atoms with E-state index in [2.05, 4.69) is 4.98 Å². The first-order chi connectivity index (χ1) is 10.4. The molecule has 2 aromatic rings. The minimum absolute atomic E-state index is 0.196. The Kier molecular flexibility index (Phi) is 3.74. The normalized spacial score (nSPS) is 15.6. The maximum atomic E-state index is 13.4. The number of sulfonamides is 1. The maximum Gasteiger partial charge on any atom is 0.244 e. The van der Waals surface area contributed by atoms with Crippen molar-refractivity contribution < 1.29 is 12.8 Å². The van der Waals surface area contributed by atoms with Crippen molar-refractivity contribution in [1.82, 2.24) is 9.29 Å². The van der Waals surface area contributed by atoms with Gasteiger partial charge in [0.25, 0.3) is 0 Å². The third kappa shape index (κ3) is 2.64. The summed E-state index contributed by atoms with van der Waals surface area (Å²) in [6, 6.07) is 6.21. The molecule has 0 spiro atoms. The van der Waals surface area contributed by atoms with Crippen LogP contribution in [-0.4, -0.2) is 24.3 Å². The van der Waals surface area contributed by atoms with Crippen LogP contribution in [0.1, 0.15) is 22.4 Å². The molecule has 0 amide bonds. The van der Waals surface area contributed by atoms with Gasteiger partial charge in [0.2, 0.25) is 10.0 Å². The number of hydrogen-bond donors (Lipinski definition) is 0. The third-order valence-electron chi connectivity index (χ3n) is 4.02. The number of nitrogens with zero attached hydrogens (tertiary/aromatic N) is 2. The predicted molar refractivity (Wildman–Crippen MR) is 81.4 cm³/mol. The van der Waals surface area contributed by atoms with E-state index in [9.17, 15) is 12.8 Å². The number of rotatable bonds is 2. The Balaban J connectivity index is 1.95. The van der Waals surface area contributed by atoms with Crippen molar-refractivity contribution >= 4 is 10.0 Å². The van der Waals surface area contributed by atoms with Crippen LogP contribution in [0.2, 0.25) is 0 Å². The van der Waals surface area contributed by atoms with Crippen molar-refractivity contribution in [3.63, 3.8) is 0 Å². The largest absolute Gasteiger partial charge is 0.260 e. The van der Waals surface area contributed by atoms with Crippen LogP contribution in [0.3, 0.4) is 0 Å². The van der Waals surface area contributed by atoms with E-state index in [4.69, 9.17) is 0 Å². The predicted octanol–water partition coefficient (Wildman–Crippen LogP) is 2.58. The fourth-order valence-corrected chi connectivity index (χ4v) is 4.11. The van der Waals surface area contributed by atoms with Crippen LogP contribution in [-0.2, 0) is 23.0 Å². The highest BCUT2D eigenvalue weighted by Crippen LogP contribution is 2.27. The van der Waals surface area contributed by atoms with Crippen molar-refractivity contribution in [3.8, 4) is 0 Å². The Morgan fingerprint density at radius 2 is 2.00 bits per heavy atom. The van der Waals surface area contributed by atoms with Gasteiger partial charge in [-0.15, -0.1) is 0 Å². The molecule has 3 rings (SSSR count). The summed E-state index contributed by atoms with van der Waals surface area (Å²) in [5, 5.41) is 0. The molecule has 0 unspecified atom stereocenters. The summed E-state index contributed by atoms with van der Waals surface area (Å²) >= 11 is 0. The van der Waals surface area contributed by atoms with E-state index in [0.29, 0.717) is 13.0 Å². The van der Waals surface area contributed by atoms with E-state index in [1.54, 1.807) is 12.1 Å².